The Morgan fingerprint density at radius 1 is 1.33 bits per heavy atom. The molecule has 0 saturated carbocycles. The van der Waals surface area contributed by atoms with Gasteiger partial charge in [0.05, 0.1) is 19.4 Å². The van der Waals surface area contributed by atoms with Crippen LogP contribution in [0.2, 0.25) is 0 Å². The number of aromatic nitrogens is 2. The van der Waals surface area contributed by atoms with E-state index < -0.39 is 5.97 Å². The lowest BCUT2D eigenvalue weighted by Gasteiger charge is -2.09. The Morgan fingerprint density at radius 3 is 2.53 bits per heavy atom. The largest absolute Gasteiger partial charge is 0.480 e. The number of hydrogen-bond donors (Lipinski definition) is 0. The van der Waals surface area contributed by atoms with E-state index in [-0.39, 0.29) is 5.88 Å². The SMILES string of the molecule is CCOC(=O)c1c(C)nc(C)nc1OC. The standard InChI is InChI=1S/C10H14N2O3/c1-5-15-10(13)8-6(2)11-7(3)12-9(8)14-4/h5H2,1-4H3. The second-order valence-electron chi connectivity index (χ2n) is 2.96. The highest BCUT2D eigenvalue weighted by molar-refractivity contribution is 5.92. The zero-order valence-electron chi connectivity index (χ0n) is 9.33. The summed E-state index contributed by atoms with van der Waals surface area (Å²) in [6.45, 7) is 5.53. The van der Waals surface area contributed by atoms with Crippen molar-refractivity contribution in [3.63, 3.8) is 0 Å². The summed E-state index contributed by atoms with van der Waals surface area (Å²) in [5, 5.41) is 0. The minimum absolute atomic E-state index is 0.262. The van der Waals surface area contributed by atoms with Crippen LogP contribution in [0.25, 0.3) is 0 Å². The minimum Gasteiger partial charge on any atom is -0.480 e. The molecule has 15 heavy (non-hydrogen) atoms. The highest BCUT2D eigenvalue weighted by Crippen LogP contribution is 2.19. The zero-order chi connectivity index (χ0) is 11.4. The first-order valence-corrected chi connectivity index (χ1v) is 4.66. The van der Waals surface area contributed by atoms with Gasteiger partial charge in [0.15, 0.2) is 0 Å². The van der Waals surface area contributed by atoms with E-state index in [0.717, 1.165) is 0 Å². The molecular weight excluding hydrogens is 196 g/mol. The van der Waals surface area contributed by atoms with Crippen LogP contribution in [0.15, 0.2) is 0 Å². The molecule has 1 aromatic rings. The Kier molecular flexibility index (Phi) is 3.60. The first-order chi connectivity index (χ1) is 7.10. The third-order valence-corrected chi connectivity index (χ3v) is 1.84. The van der Waals surface area contributed by atoms with Gasteiger partial charge < -0.3 is 9.47 Å². The van der Waals surface area contributed by atoms with Crippen LogP contribution in [0.4, 0.5) is 0 Å². The highest BCUT2D eigenvalue weighted by Gasteiger charge is 2.19. The van der Waals surface area contributed by atoms with E-state index in [1.165, 1.54) is 7.11 Å². The van der Waals surface area contributed by atoms with Crippen molar-refractivity contribution in [1.82, 2.24) is 9.97 Å². The zero-order valence-corrected chi connectivity index (χ0v) is 9.33. The molecule has 0 fully saturated rings. The predicted molar refractivity (Wildman–Crippen MR) is 54.0 cm³/mol. The Morgan fingerprint density at radius 2 is 2.00 bits per heavy atom. The summed E-state index contributed by atoms with van der Waals surface area (Å²) in [6, 6.07) is 0. The number of hydrogen-bond acceptors (Lipinski definition) is 5. The summed E-state index contributed by atoms with van der Waals surface area (Å²) in [6.07, 6.45) is 0. The second kappa shape index (κ2) is 4.72. The molecule has 0 amide bonds. The average molecular weight is 210 g/mol. The fourth-order valence-electron chi connectivity index (χ4n) is 1.27. The van der Waals surface area contributed by atoms with Crippen LogP contribution < -0.4 is 4.74 Å². The predicted octanol–water partition coefficient (Wildman–Crippen LogP) is 1.28. The lowest BCUT2D eigenvalue weighted by atomic mass is 10.2. The molecule has 0 aliphatic heterocycles. The summed E-state index contributed by atoms with van der Waals surface area (Å²) in [4.78, 5) is 19.7. The molecular formula is C10H14N2O3. The molecule has 0 aromatic carbocycles. The molecule has 0 unspecified atom stereocenters. The highest BCUT2D eigenvalue weighted by atomic mass is 16.5. The van der Waals surface area contributed by atoms with Crippen molar-refractivity contribution in [2.24, 2.45) is 0 Å². The fraction of sp³-hybridized carbons (Fsp3) is 0.500. The number of aryl methyl sites for hydroxylation is 2. The van der Waals surface area contributed by atoms with Gasteiger partial charge in [-0.05, 0) is 20.8 Å². The molecule has 1 aromatic heterocycles. The Balaban J connectivity index is 3.20. The van der Waals surface area contributed by atoms with E-state index in [9.17, 15) is 4.79 Å². The first kappa shape index (κ1) is 11.4. The normalized spacial score (nSPS) is 9.87. The smallest absolute Gasteiger partial charge is 0.345 e. The van der Waals surface area contributed by atoms with Gasteiger partial charge in [-0.15, -0.1) is 0 Å². The number of rotatable bonds is 3. The van der Waals surface area contributed by atoms with Gasteiger partial charge in [-0.3, -0.25) is 0 Å². The van der Waals surface area contributed by atoms with Gasteiger partial charge >= 0.3 is 5.97 Å². The maximum atomic E-state index is 11.6. The molecule has 0 N–H and O–H groups in total. The summed E-state index contributed by atoms with van der Waals surface area (Å²) in [7, 11) is 1.46. The molecule has 0 spiro atoms. The van der Waals surface area contributed by atoms with Crippen LogP contribution in [-0.2, 0) is 4.74 Å². The molecule has 0 atom stereocenters. The van der Waals surface area contributed by atoms with Crippen molar-refractivity contribution in [3.05, 3.63) is 17.1 Å². The van der Waals surface area contributed by atoms with Gasteiger partial charge in [0.25, 0.3) is 0 Å². The van der Waals surface area contributed by atoms with Crippen molar-refractivity contribution in [1.29, 1.82) is 0 Å². The van der Waals surface area contributed by atoms with Crippen LogP contribution >= 0.6 is 0 Å². The van der Waals surface area contributed by atoms with Crippen LogP contribution in [0.3, 0.4) is 0 Å². The fourth-order valence-corrected chi connectivity index (χ4v) is 1.27. The van der Waals surface area contributed by atoms with Crippen LogP contribution in [-0.4, -0.2) is 29.7 Å². The molecule has 0 bridgehead atoms. The third kappa shape index (κ3) is 2.43. The lowest BCUT2D eigenvalue weighted by Crippen LogP contribution is -2.12. The number of carbonyl (C=O) groups is 1. The van der Waals surface area contributed by atoms with Gasteiger partial charge in [-0.25, -0.2) is 9.78 Å². The molecule has 0 aliphatic carbocycles. The second-order valence-corrected chi connectivity index (χ2v) is 2.96. The number of ether oxygens (including phenoxy) is 2. The average Bonchev–Trinajstić information content (AvgIpc) is 2.16. The van der Waals surface area contributed by atoms with E-state index in [2.05, 4.69) is 9.97 Å². The number of nitrogens with zero attached hydrogens (tertiary/aromatic N) is 2. The molecule has 0 saturated heterocycles. The molecule has 0 radical (unpaired) electrons. The van der Waals surface area contributed by atoms with Gasteiger partial charge in [-0.2, -0.15) is 4.98 Å². The van der Waals surface area contributed by atoms with Crippen molar-refractivity contribution in [2.45, 2.75) is 20.8 Å². The summed E-state index contributed by atoms with van der Waals surface area (Å²) >= 11 is 0. The van der Waals surface area contributed by atoms with Crippen molar-refractivity contribution < 1.29 is 14.3 Å². The van der Waals surface area contributed by atoms with Crippen LogP contribution in [0.5, 0.6) is 5.88 Å². The molecule has 0 aliphatic rings. The van der Waals surface area contributed by atoms with Crippen LogP contribution in [0, 0.1) is 13.8 Å². The minimum atomic E-state index is -0.452. The molecule has 1 rings (SSSR count). The quantitative estimate of drug-likeness (QED) is 0.703. The maximum absolute atomic E-state index is 11.6. The van der Waals surface area contributed by atoms with E-state index >= 15 is 0 Å². The van der Waals surface area contributed by atoms with Gasteiger partial charge in [0.2, 0.25) is 5.88 Å². The van der Waals surface area contributed by atoms with Crippen LogP contribution in [0.1, 0.15) is 28.8 Å². The molecule has 82 valence electrons. The lowest BCUT2D eigenvalue weighted by molar-refractivity contribution is 0.0520. The molecule has 5 heteroatoms. The van der Waals surface area contributed by atoms with E-state index in [1.807, 2.05) is 0 Å². The summed E-state index contributed by atoms with van der Waals surface area (Å²) < 4.78 is 9.91. The monoisotopic (exact) mass is 210 g/mol. The van der Waals surface area contributed by atoms with E-state index in [1.54, 1.807) is 20.8 Å². The maximum Gasteiger partial charge on any atom is 0.345 e. The van der Waals surface area contributed by atoms with Crippen molar-refractivity contribution in [2.75, 3.05) is 13.7 Å². The summed E-state index contributed by atoms with van der Waals surface area (Å²) in [5.74, 6) is 0.377. The first-order valence-electron chi connectivity index (χ1n) is 4.66. The van der Waals surface area contributed by atoms with Gasteiger partial charge in [-0.1, -0.05) is 0 Å². The Bertz CT molecular complexity index is 377. The number of carbonyl (C=O) groups excluding carboxylic acids is 1. The van der Waals surface area contributed by atoms with Gasteiger partial charge in [0, 0.05) is 0 Å². The van der Waals surface area contributed by atoms with Crippen molar-refractivity contribution in [3.8, 4) is 5.88 Å². The van der Waals surface area contributed by atoms with E-state index in [0.29, 0.717) is 23.7 Å². The number of methoxy groups -OCH3 is 1. The Hall–Kier alpha value is -1.65. The number of esters is 1. The van der Waals surface area contributed by atoms with Crippen molar-refractivity contribution >= 4 is 5.97 Å². The summed E-state index contributed by atoms with van der Waals surface area (Å²) in [5.41, 5.74) is 0.864. The molecule has 5 nitrogen and oxygen atoms in total. The van der Waals surface area contributed by atoms with Gasteiger partial charge in [0.1, 0.15) is 11.4 Å². The molecule has 1 heterocycles. The van der Waals surface area contributed by atoms with E-state index in [4.69, 9.17) is 9.47 Å². The third-order valence-electron chi connectivity index (χ3n) is 1.84. The Labute approximate surface area is 88.4 Å². The topological polar surface area (TPSA) is 61.3 Å².